The molecule has 1 fully saturated rings. The van der Waals surface area contributed by atoms with Gasteiger partial charge in [-0.15, -0.1) is 12.4 Å². The lowest BCUT2D eigenvalue weighted by Crippen LogP contribution is -2.61. The van der Waals surface area contributed by atoms with Crippen LogP contribution in [0.5, 0.6) is 0 Å². The third-order valence-corrected chi connectivity index (χ3v) is 2.20. The van der Waals surface area contributed by atoms with E-state index >= 15 is 0 Å². The first kappa shape index (κ1) is 12.7. The van der Waals surface area contributed by atoms with Crippen LogP contribution in [0.4, 0.5) is 0 Å². The summed E-state index contributed by atoms with van der Waals surface area (Å²) >= 11 is 0. The van der Waals surface area contributed by atoms with Crippen LogP contribution in [0, 0.1) is 0 Å². The van der Waals surface area contributed by atoms with Gasteiger partial charge in [0.25, 0.3) is 0 Å². The van der Waals surface area contributed by atoms with E-state index in [2.05, 4.69) is 0 Å². The monoisotopic (exact) mass is 209 g/mol. The van der Waals surface area contributed by atoms with Crippen molar-refractivity contribution in [2.24, 2.45) is 5.73 Å². The van der Waals surface area contributed by atoms with Gasteiger partial charge in [-0.25, -0.2) is 0 Å². The Morgan fingerprint density at radius 3 is 2.54 bits per heavy atom. The summed E-state index contributed by atoms with van der Waals surface area (Å²) in [5.41, 5.74) is 4.96. The van der Waals surface area contributed by atoms with Crippen molar-refractivity contribution in [3.05, 3.63) is 0 Å². The smallest absolute Gasteiger partial charge is 0.326 e. The predicted octanol–water partition coefficient (Wildman–Crippen LogP) is 0.478. The van der Waals surface area contributed by atoms with Crippen LogP contribution in [0.3, 0.4) is 0 Å². The lowest BCUT2D eigenvalue weighted by molar-refractivity contribution is -0.159. The molecule has 0 amide bonds. The molecular weight excluding hydrogens is 194 g/mol. The molecule has 0 atom stereocenters. The summed E-state index contributed by atoms with van der Waals surface area (Å²) in [6.07, 6.45) is 1.27. The van der Waals surface area contributed by atoms with E-state index in [1.54, 1.807) is 14.0 Å². The number of rotatable bonds is 3. The molecular formula is C8H16ClNO3. The van der Waals surface area contributed by atoms with E-state index in [9.17, 15) is 4.79 Å². The van der Waals surface area contributed by atoms with Crippen molar-refractivity contribution in [2.75, 3.05) is 13.7 Å². The van der Waals surface area contributed by atoms with E-state index in [0.29, 0.717) is 19.4 Å². The molecule has 0 aromatic heterocycles. The van der Waals surface area contributed by atoms with Gasteiger partial charge < -0.3 is 15.2 Å². The number of methoxy groups -OCH3 is 1. The highest BCUT2D eigenvalue weighted by Gasteiger charge is 2.48. The van der Waals surface area contributed by atoms with Gasteiger partial charge >= 0.3 is 5.97 Å². The van der Waals surface area contributed by atoms with Crippen molar-refractivity contribution < 1.29 is 14.3 Å². The summed E-state index contributed by atoms with van der Waals surface area (Å²) in [7, 11) is 1.62. The van der Waals surface area contributed by atoms with E-state index in [1.807, 2.05) is 0 Å². The van der Waals surface area contributed by atoms with Gasteiger partial charge in [0.15, 0.2) is 0 Å². The maximum Gasteiger partial charge on any atom is 0.326 e. The zero-order chi connectivity index (χ0) is 9.19. The molecule has 0 bridgehead atoms. The average Bonchev–Trinajstić information content (AvgIpc) is 1.99. The molecule has 78 valence electrons. The summed E-state index contributed by atoms with van der Waals surface area (Å²) in [6.45, 7) is 2.16. The predicted molar refractivity (Wildman–Crippen MR) is 50.8 cm³/mol. The number of hydrogen-bond acceptors (Lipinski definition) is 4. The van der Waals surface area contributed by atoms with E-state index in [0.717, 1.165) is 0 Å². The molecule has 1 aliphatic rings. The van der Waals surface area contributed by atoms with Crippen LogP contribution >= 0.6 is 12.4 Å². The van der Waals surface area contributed by atoms with Crippen LogP contribution in [0.25, 0.3) is 0 Å². The molecule has 0 unspecified atom stereocenters. The molecule has 0 radical (unpaired) electrons. The molecule has 0 aromatic rings. The lowest BCUT2D eigenvalue weighted by Gasteiger charge is -2.41. The summed E-state index contributed by atoms with van der Waals surface area (Å²) in [6, 6.07) is 0. The number of carbonyl (C=O) groups excluding carboxylic acids is 1. The topological polar surface area (TPSA) is 61.5 Å². The highest BCUT2D eigenvalue weighted by molar-refractivity contribution is 5.85. The van der Waals surface area contributed by atoms with Crippen LogP contribution in [0.15, 0.2) is 0 Å². The fourth-order valence-corrected chi connectivity index (χ4v) is 1.36. The molecule has 0 heterocycles. The molecule has 0 aromatic carbocycles. The number of carbonyl (C=O) groups is 1. The summed E-state index contributed by atoms with van der Waals surface area (Å²) in [5, 5.41) is 0. The molecule has 1 rings (SSSR count). The molecule has 13 heavy (non-hydrogen) atoms. The second kappa shape index (κ2) is 4.79. The normalized spacial score (nSPS) is 31.5. The minimum atomic E-state index is -0.781. The summed E-state index contributed by atoms with van der Waals surface area (Å²) < 4.78 is 9.84. The van der Waals surface area contributed by atoms with Crippen LogP contribution in [-0.2, 0) is 14.3 Å². The van der Waals surface area contributed by atoms with Gasteiger partial charge in [-0.05, 0) is 6.92 Å². The van der Waals surface area contributed by atoms with Crippen molar-refractivity contribution >= 4 is 18.4 Å². The Morgan fingerprint density at radius 2 is 2.15 bits per heavy atom. The summed E-state index contributed by atoms with van der Waals surface area (Å²) in [5.74, 6) is -0.307. The van der Waals surface area contributed by atoms with Gasteiger partial charge in [0, 0.05) is 20.0 Å². The van der Waals surface area contributed by atoms with Gasteiger partial charge in [0.1, 0.15) is 5.54 Å². The third-order valence-electron chi connectivity index (χ3n) is 2.20. The quantitative estimate of drug-likeness (QED) is 0.687. The van der Waals surface area contributed by atoms with Gasteiger partial charge in [0.05, 0.1) is 12.7 Å². The van der Waals surface area contributed by atoms with Crippen LogP contribution in [0.1, 0.15) is 19.8 Å². The van der Waals surface area contributed by atoms with Crippen molar-refractivity contribution in [3.8, 4) is 0 Å². The Labute approximate surface area is 84.2 Å². The van der Waals surface area contributed by atoms with Crippen molar-refractivity contribution in [2.45, 2.75) is 31.4 Å². The maximum absolute atomic E-state index is 11.2. The van der Waals surface area contributed by atoms with E-state index in [1.165, 1.54) is 0 Å². The highest BCUT2D eigenvalue weighted by Crippen LogP contribution is 2.32. The Balaban J connectivity index is 0.00000144. The van der Waals surface area contributed by atoms with Gasteiger partial charge in [-0.1, -0.05) is 0 Å². The first-order valence-corrected chi connectivity index (χ1v) is 4.11. The van der Waals surface area contributed by atoms with E-state index in [4.69, 9.17) is 15.2 Å². The highest BCUT2D eigenvalue weighted by atomic mass is 35.5. The van der Waals surface area contributed by atoms with Gasteiger partial charge in [-0.2, -0.15) is 0 Å². The maximum atomic E-state index is 11.2. The average molecular weight is 210 g/mol. The number of nitrogens with two attached hydrogens (primary N) is 1. The Bertz CT molecular complexity index is 180. The second-order valence-electron chi connectivity index (χ2n) is 3.14. The largest absolute Gasteiger partial charge is 0.465 e. The standard InChI is InChI=1S/C8H15NO3.ClH/c1-3-12-7(10)8(9)4-6(5-8)11-2;/h6H,3-5,9H2,1-2H3;1H. The van der Waals surface area contributed by atoms with Crippen LogP contribution < -0.4 is 5.73 Å². The molecule has 1 aliphatic carbocycles. The number of esters is 1. The zero-order valence-electron chi connectivity index (χ0n) is 7.91. The molecule has 0 saturated heterocycles. The van der Waals surface area contributed by atoms with Gasteiger partial charge in [-0.3, -0.25) is 4.79 Å². The molecule has 2 N–H and O–H groups in total. The van der Waals surface area contributed by atoms with E-state index < -0.39 is 5.54 Å². The van der Waals surface area contributed by atoms with E-state index in [-0.39, 0.29) is 24.5 Å². The SMILES string of the molecule is CCOC(=O)C1(N)CC(OC)C1.Cl. The van der Waals surface area contributed by atoms with Gasteiger partial charge in [0.2, 0.25) is 0 Å². The minimum Gasteiger partial charge on any atom is -0.465 e. The summed E-state index contributed by atoms with van der Waals surface area (Å²) in [4.78, 5) is 11.2. The fraction of sp³-hybridized carbons (Fsp3) is 0.875. The fourth-order valence-electron chi connectivity index (χ4n) is 1.36. The number of ether oxygens (including phenoxy) is 2. The van der Waals surface area contributed by atoms with Crippen LogP contribution in [0.2, 0.25) is 0 Å². The molecule has 0 aliphatic heterocycles. The number of hydrogen-bond donors (Lipinski definition) is 1. The lowest BCUT2D eigenvalue weighted by atomic mass is 9.75. The second-order valence-corrected chi connectivity index (χ2v) is 3.14. The van der Waals surface area contributed by atoms with Crippen molar-refractivity contribution in [3.63, 3.8) is 0 Å². The van der Waals surface area contributed by atoms with Crippen LogP contribution in [-0.4, -0.2) is 31.3 Å². The molecule has 0 spiro atoms. The Kier molecular flexibility index (Phi) is 4.67. The minimum absolute atomic E-state index is 0. The number of halogens is 1. The Hall–Kier alpha value is -0.320. The van der Waals surface area contributed by atoms with Crippen molar-refractivity contribution in [1.82, 2.24) is 0 Å². The molecule has 1 saturated carbocycles. The third kappa shape index (κ3) is 2.56. The Morgan fingerprint density at radius 1 is 1.62 bits per heavy atom. The molecule has 5 heteroatoms. The first-order chi connectivity index (χ1) is 5.62. The molecule has 4 nitrogen and oxygen atoms in total. The zero-order valence-corrected chi connectivity index (χ0v) is 8.73. The van der Waals surface area contributed by atoms with Crippen molar-refractivity contribution in [1.29, 1.82) is 0 Å². The first-order valence-electron chi connectivity index (χ1n) is 4.11.